The van der Waals surface area contributed by atoms with Crippen molar-refractivity contribution in [3.05, 3.63) is 75.8 Å². The molecule has 0 saturated carbocycles. The Morgan fingerprint density at radius 3 is 2.26 bits per heavy atom. The zero-order valence-electron chi connectivity index (χ0n) is 15.3. The minimum absolute atomic E-state index is 0.122. The van der Waals surface area contributed by atoms with Crippen molar-refractivity contribution in [2.24, 2.45) is 5.92 Å². The first-order valence-electron chi connectivity index (χ1n) is 8.62. The molecule has 0 unspecified atom stereocenters. The van der Waals surface area contributed by atoms with E-state index in [1.165, 1.54) is 24.3 Å². The Balaban J connectivity index is 1.93. The Morgan fingerprint density at radius 2 is 1.70 bits per heavy atom. The van der Waals surface area contributed by atoms with Gasteiger partial charge >= 0.3 is 5.97 Å². The van der Waals surface area contributed by atoms with Gasteiger partial charge in [-0.05, 0) is 30.0 Å². The number of nitrogens with zero attached hydrogens (tertiary/aromatic N) is 1. The van der Waals surface area contributed by atoms with Gasteiger partial charge in [0.2, 0.25) is 0 Å². The number of non-ortho nitro benzene ring substituents is 1. The molecule has 1 N–H and O–H groups in total. The number of nitro groups is 1. The molecule has 2 rings (SSSR count). The van der Waals surface area contributed by atoms with Crippen molar-refractivity contribution in [1.29, 1.82) is 0 Å². The van der Waals surface area contributed by atoms with Gasteiger partial charge in [-0.2, -0.15) is 0 Å². The largest absolute Gasteiger partial charge is 0.452 e. The van der Waals surface area contributed by atoms with Gasteiger partial charge < -0.3 is 10.1 Å². The number of nitro benzene ring substituents is 1. The second-order valence-electron chi connectivity index (χ2n) is 6.54. The Labute approximate surface area is 157 Å². The van der Waals surface area contributed by atoms with Crippen molar-refractivity contribution >= 4 is 17.6 Å². The Kier molecular flexibility index (Phi) is 7.05. The summed E-state index contributed by atoms with van der Waals surface area (Å²) < 4.78 is 5.01. The summed E-state index contributed by atoms with van der Waals surface area (Å²) >= 11 is 0. The highest BCUT2D eigenvalue weighted by Gasteiger charge is 2.18. The highest BCUT2D eigenvalue weighted by atomic mass is 16.6. The van der Waals surface area contributed by atoms with Crippen LogP contribution in [0.25, 0.3) is 0 Å². The average Bonchev–Trinajstić information content (AvgIpc) is 2.66. The Bertz CT molecular complexity index is 788. The molecule has 1 atom stereocenters. The Hall–Kier alpha value is -3.22. The third-order valence-corrected chi connectivity index (χ3v) is 3.89. The molecule has 0 heterocycles. The molecule has 0 aliphatic carbocycles. The fourth-order valence-electron chi connectivity index (χ4n) is 2.60. The minimum Gasteiger partial charge on any atom is -0.452 e. The van der Waals surface area contributed by atoms with E-state index >= 15 is 0 Å². The van der Waals surface area contributed by atoms with E-state index in [-0.39, 0.29) is 17.3 Å². The molecule has 0 bridgehead atoms. The smallest absolute Gasteiger partial charge is 0.338 e. The molecular weight excluding hydrogens is 348 g/mol. The number of ether oxygens (including phenoxy) is 1. The summed E-state index contributed by atoms with van der Waals surface area (Å²) in [6.45, 7) is 3.71. The van der Waals surface area contributed by atoms with E-state index in [9.17, 15) is 19.7 Å². The highest BCUT2D eigenvalue weighted by molar-refractivity contribution is 5.91. The van der Waals surface area contributed by atoms with Crippen LogP contribution in [0.15, 0.2) is 54.6 Å². The van der Waals surface area contributed by atoms with E-state index < -0.39 is 23.4 Å². The Morgan fingerprint density at radius 1 is 1.07 bits per heavy atom. The van der Waals surface area contributed by atoms with Gasteiger partial charge in [0.15, 0.2) is 6.61 Å². The summed E-state index contributed by atoms with van der Waals surface area (Å²) in [4.78, 5) is 34.3. The van der Waals surface area contributed by atoms with E-state index in [0.29, 0.717) is 5.92 Å². The SMILES string of the molecule is CC(C)C[C@H](NC(=O)COC(=O)c1ccc([N+](=O)[O-])cc1)c1ccccc1. The fraction of sp³-hybridized carbons (Fsp3) is 0.300. The van der Waals surface area contributed by atoms with Gasteiger partial charge in [0, 0.05) is 12.1 Å². The first-order valence-corrected chi connectivity index (χ1v) is 8.62. The van der Waals surface area contributed by atoms with Crippen LogP contribution in [0, 0.1) is 16.0 Å². The maximum absolute atomic E-state index is 12.2. The summed E-state index contributed by atoms with van der Waals surface area (Å²) in [7, 11) is 0. The zero-order chi connectivity index (χ0) is 19.8. The summed E-state index contributed by atoms with van der Waals surface area (Å²) in [6.07, 6.45) is 0.756. The van der Waals surface area contributed by atoms with Crippen molar-refractivity contribution in [2.45, 2.75) is 26.3 Å². The van der Waals surface area contributed by atoms with Crippen LogP contribution < -0.4 is 5.32 Å². The van der Waals surface area contributed by atoms with Gasteiger partial charge in [0.1, 0.15) is 0 Å². The standard InChI is InChI=1S/C20H22N2O5/c1-14(2)12-18(15-6-4-3-5-7-15)21-19(23)13-27-20(24)16-8-10-17(11-9-16)22(25)26/h3-11,14,18H,12-13H2,1-2H3,(H,21,23)/t18-/m0/s1. The number of carbonyl (C=O) groups excluding carboxylic acids is 2. The first kappa shape index (κ1) is 20.1. The highest BCUT2D eigenvalue weighted by Crippen LogP contribution is 2.21. The van der Waals surface area contributed by atoms with E-state index in [4.69, 9.17) is 4.74 Å². The van der Waals surface area contributed by atoms with Crippen LogP contribution in [0.1, 0.15) is 42.2 Å². The van der Waals surface area contributed by atoms with Crippen molar-refractivity contribution in [2.75, 3.05) is 6.61 Å². The number of amides is 1. The van der Waals surface area contributed by atoms with Crippen LogP contribution in [0.4, 0.5) is 5.69 Å². The number of hydrogen-bond acceptors (Lipinski definition) is 5. The van der Waals surface area contributed by atoms with Crippen molar-refractivity contribution < 1.29 is 19.2 Å². The average molecular weight is 370 g/mol. The molecule has 0 aliphatic heterocycles. The van der Waals surface area contributed by atoms with Gasteiger partial charge in [-0.3, -0.25) is 14.9 Å². The predicted molar refractivity (Wildman–Crippen MR) is 100 cm³/mol. The number of hydrogen-bond donors (Lipinski definition) is 1. The van der Waals surface area contributed by atoms with Gasteiger partial charge in [-0.1, -0.05) is 44.2 Å². The lowest BCUT2D eigenvalue weighted by Gasteiger charge is -2.21. The summed E-state index contributed by atoms with van der Waals surface area (Å²) in [6, 6.07) is 14.4. The summed E-state index contributed by atoms with van der Waals surface area (Å²) in [5, 5.41) is 13.5. The number of nitrogens with one attached hydrogen (secondary N) is 1. The number of esters is 1. The van der Waals surface area contributed by atoms with Crippen LogP contribution in [-0.4, -0.2) is 23.4 Å². The molecule has 7 nitrogen and oxygen atoms in total. The zero-order valence-corrected chi connectivity index (χ0v) is 15.3. The maximum Gasteiger partial charge on any atom is 0.338 e. The normalized spacial score (nSPS) is 11.7. The second-order valence-corrected chi connectivity index (χ2v) is 6.54. The lowest BCUT2D eigenvalue weighted by atomic mass is 9.97. The molecule has 142 valence electrons. The molecular formula is C20H22N2O5. The van der Waals surface area contributed by atoms with Crippen LogP contribution in [0.2, 0.25) is 0 Å². The van der Waals surface area contributed by atoms with Crippen LogP contribution in [0.3, 0.4) is 0 Å². The molecule has 0 fully saturated rings. The third-order valence-electron chi connectivity index (χ3n) is 3.89. The number of rotatable bonds is 8. The molecule has 0 saturated heterocycles. The van der Waals surface area contributed by atoms with Gasteiger partial charge in [0.25, 0.3) is 11.6 Å². The number of carbonyl (C=O) groups is 2. The van der Waals surface area contributed by atoms with E-state index in [0.717, 1.165) is 12.0 Å². The quantitative estimate of drug-likeness (QED) is 0.434. The van der Waals surface area contributed by atoms with Crippen molar-refractivity contribution in [3.8, 4) is 0 Å². The lowest BCUT2D eigenvalue weighted by molar-refractivity contribution is -0.384. The molecule has 1 amide bonds. The minimum atomic E-state index is -0.708. The summed E-state index contributed by atoms with van der Waals surface area (Å²) in [5.74, 6) is -0.738. The van der Waals surface area contributed by atoms with Crippen LogP contribution in [0.5, 0.6) is 0 Å². The maximum atomic E-state index is 12.2. The van der Waals surface area contributed by atoms with E-state index in [2.05, 4.69) is 19.2 Å². The fourth-order valence-corrected chi connectivity index (χ4v) is 2.60. The molecule has 0 spiro atoms. The van der Waals surface area contributed by atoms with E-state index in [1.54, 1.807) is 0 Å². The van der Waals surface area contributed by atoms with Gasteiger partial charge in [0.05, 0.1) is 16.5 Å². The second kappa shape index (κ2) is 9.47. The van der Waals surface area contributed by atoms with Crippen LogP contribution in [-0.2, 0) is 9.53 Å². The van der Waals surface area contributed by atoms with E-state index in [1.807, 2.05) is 30.3 Å². The molecule has 27 heavy (non-hydrogen) atoms. The molecule has 0 radical (unpaired) electrons. The summed E-state index contributed by atoms with van der Waals surface area (Å²) in [5.41, 5.74) is 1.01. The van der Waals surface area contributed by atoms with Crippen molar-refractivity contribution in [3.63, 3.8) is 0 Å². The monoisotopic (exact) mass is 370 g/mol. The third kappa shape index (κ3) is 6.22. The van der Waals surface area contributed by atoms with Gasteiger partial charge in [-0.15, -0.1) is 0 Å². The lowest BCUT2D eigenvalue weighted by Crippen LogP contribution is -2.33. The molecule has 2 aromatic carbocycles. The number of benzene rings is 2. The molecule has 0 aromatic heterocycles. The topological polar surface area (TPSA) is 98.5 Å². The molecule has 7 heteroatoms. The van der Waals surface area contributed by atoms with Crippen LogP contribution >= 0.6 is 0 Å². The molecule has 2 aromatic rings. The van der Waals surface area contributed by atoms with Crippen molar-refractivity contribution in [1.82, 2.24) is 5.32 Å². The first-order chi connectivity index (χ1) is 12.9. The predicted octanol–water partition coefficient (Wildman–Crippen LogP) is 3.66. The molecule has 0 aliphatic rings. The van der Waals surface area contributed by atoms with Gasteiger partial charge in [-0.25, -0.2) is 4.79 Å².